The first-order chi connectivity index (χ1) is 11.5. The highest BCUT2D eigenvalue weighted by atomic mass is 35.5. The number of hydrogen-bond acceptors (Lipinski definition) is 3. The normalized spacial score (nSPS) is 18.2. The molecule has 24 heavy (non-hydrogen) atoms. The van der Waals surface area contributed by atoms with Crippen molar-refractivity contribution >= 4 is 28.4 Å². The lowest BCUT2D eigenvalue weighted by molar-refractivity contribution is 0.0946. The number of aromatic nitrogens is 1. The molecule has 0 unspecified atom stereocenters. The minimum atomic E-state index is -0.307. The maximum Gasteiger partial charge on any atom is 0.256 e. The zero-order valence-corrected chi connectivity index (χ0v) is 14.8. The summed E-state index contributed by atoms with van der Waals surface area (Å²) in [5.41, 5.74) is 0.706. The van der Waals surface area contributed by atoms with Crippen molar-refractivity contribution < 1.29 is 4.79 Å². The Balaban J connectivity index is 1.89. The number of aryl methyl sites for hydroxylation is 1. The number of halogens is 1. The molecule has 3 rings (SSSR count). The summed E-state index contributed by atoms with van der Waals surface area (Å²) in [5.74, 6) is 0.140. The smallest absolute Gasteiger partial charge is 0.256 e. The van der Waals surface area contributed by atoms with Crippen molar-refractivity contribution in [1.29, 1.82) is 0 Å². The fraction of sp³-hybridized carbons (Fsp3) is 0.444. The summed E-state index contributed by atoms with van der Waals surface area (Å²) in [5, 5.41) is 3.90. The van der Waals surface area contributed by atoms with Gasteiger partial charge in [-0.2, -0.15) is 0 Å². The van der Waals surface area contributed by atoms with E-state index in [2.05, 4.69) is 17.3 Å². The van der Waals surface area contributed by atoms with Gasteiger partial charge in [0, 0.05) is 36.2 Å². The van der Waals surface area contributed by atoms with Crippen LogP contribution in [-0.2, 0) is 6.54 Å². The number of hydrogen-bond donors (Lipinski definition) is 1. The second-order valence-electron chi connectivity index (χ2n) is 6.45. The van der Waals surface area contributed by atoms with E-state index in [1.165, 1.54) is 0 Å². The molecule has 1 amide bonds. The van der Waals surface area contributed by atoms with Gasteiger partial charge in [-0.25, -0.2) is 0 Å². The summed E-state index contributed by atoms with van der Waals surface area (Å²) in [6.45, 7) is 5.29. The highest BCUT2D eigenvalue weighted by molar-refractivity contribution is 6.31. The summed E-state index contributed by atoms with van der Waals surface area (Å²) in [6, 6.07) is 5.21. The van der Waals surface area contributed by atoms with Crippen LogP contribution in [0.2, 0.25) is 5.02 Å². The third-order valence-corrected chi connectivity index (χ3v) is 4.90. The quantitative estimate of drug-likeness (QED) is 0.923. The minimum absolute atomic E-state index is 0.179. The van der Waals surface area contributed by atoms with Crippen molar-refractivity contribution in [1.82, 2.24) is 14.8 Å². The summed E-state index contributed by atoms with van der Waals surface area (Å²) >= 11 is 6.03. The highest BCUT2D eigenvalue weighted by Crippen LogP contribution is 2.18. The van der Waals surface area contributed by atoms with Crippen LogP contribution in [0.15, 0.2) is 29.2 Å². The number of benzene rings is 1. The lowest BCUT2D eigenvalue weighted by Gasteiger charge is -2.14. The Morgan fingerprint density at radius 2 is 2.21 bits per heavy atom. The van der Waals surface area contributed by atoms with Crippen LogP contribution in [0.25, 0.3) is 10.9 Å². The van der Waals surface area contributed by atoms with Crippen molar-refractivity contribution in [2.24, 2.45) is 5.92 Å². The SMILES string of the molecule is CCn1cc(C(=O)NC[C@H]2CCN(C)C2)c(=O)c2cc(Cl)ccc21. The number of nitrogens with zero attached hydrogens (tertiary/aromatic N) is 2. The van der Waals surface area contributed by atoms with E-state index >= 15 is 0 Å². The fourth-order valence-corrected chi connectivity index (χ4v) is 3.49. The van der Waals surface area contributed by atoms with E-state index in [1.54, 1.807) is 18.3 Å². The molecule has 6 heteroatoms. The molecule has 128 valence electrons. The van der Waals surface area contributed by atoms with Crippen molar-refractivity contribution in [2.45, 2.75) is 19.9 Å². The molecule has 2 aromatic rings. The molecular formula is C18H22ClN3O2. The molecular weight excluding hydrogens is 326 g/mol. The molecule has 5 nitrogen and oxygen atoms in total. The van der Waals surface area contributed by atoms with Crippen LogP contribution in [0.1, 0.15) is 23.7 Å². The van der Waals surface area contributed by atoms with Crippen LogP contribution in [0.5, 0.6) is 0 Å². The Kier molecular flexibility index (Phi) is 4.92. The predicted octanol–water partition coefficient (Wildman–Crippen LogP) is 2.36. The zero-order chi connectivity index (χ0) is 17.3. The molecule has 0 aliphatic carbocycles. The Bertz CT molecular complexity index is 831. The number of pyridine rings is 1. The van der Waals surface area contributed by atoms with E-state index in [0.717, 1.165) is 25.0 Å². The number of carbonyl (C=O) groups is 1. The van der Waals surface area contributed by atoms with E-state index in [4.69, 9.17) is 11.6 Å². The first-order valence-corrected chi connectivity index (χ1v) is 8.67. The average molecular weight is 348 g/mol. The Morgan fingerprint density at radius 1 is 1.42 bits per heavy atom. The summed E-state index contributed by atoms with van der Waals surface area (Å²) in [6.07, 6.45) is 2.72. The largest absolute Gasteiger partial charge is 0.352 e. The second kappa shape index (κ2) is 6.95. The maximum atomic E-state index is 12.7. The first-order valence-electron chi connectivity index (χ1n) is 8.29. The van der Waals surface area contributed by atoms with Gasteiger partial charge in [-0.05, 0) is 51.1 Å². The topological polar surface area (TPSA) is 54.3 Å². The third kappa shape index (κ3) is 3.32. The molecule has 0 bridgehead atoms. The predicted molar refractivity (Wildman–Crippen MR) is 96.8 cm³/mol. The van der Waals surface area contributed by atoms with Crippen molar-refractivity contribution in [3.8, 4) is 0 Å². The summed E-state index contributed by atoms with van der Waals surface area (Å²) < 4.78 is 1.91. The van der Waals surface area contributed by atoms with Crippen molar-refractivity contribution in [2.75, 3.05) is 26.7 Å². The molecule has 2 heterocycles. The van der Waals surface area contributed by atoms with Gasteiger partial charge in [0.2, 0.25) is 5.43 Å². The van der Waals surface area contributed by atoms with Gasteiger partial charge in [-0.1, -0.05) is 11.6 Å². The van der Waals surface area contributed by atoms with Crippen LogP contribution in [-0.4, -0.2) is 42.1 Å². The van der Waals surface area contributed by atoms with Crippen LogP contribution in [0.4, 0.5) is 0 Å². The van der Waals surface area contributed by atoms with Gasteiger partial charge in [0.1, 0.15) is 5.56 Å². The van der Waals surface area contributed by atoms with E-state index in [1.807, 2.05) is 17.6 Å². The van der Waals surface area contributed by atoms with Crippen LogP contribution >= 0.6 is 11.6 Å². The minimum Gasteiger partial charge on any atom is -0.352 e. The molecule has 0 radical (unpaired) electrons. The monoisotopic (exact) mass is 347 g/mol. The van der Waals surface area contributed by atoms with Crippen LogP contribution < -0.4 is 10.7 Å². The Labute approximate surface area is 146 Å². The molecule has 1 N–H and O–H groups in total. The molecule has 1 aromatic carbocycles. The van der Waals surface area contributed by atoms with Gasteiger partial charge >= 0.3 is 0 Å². The summed E-state index contributed by atoms with van der Waals surface area (Å²) in [7, 11) is 2.08. The number of nitrogens with one attached hydrogen (secondary N) is 1. The van der Waals surface area contributed by atoms with Crippen molar-refractivity contribution in [3.05, 3.63) is 45.2 Å². The summed E-state index contributed by atoms with van der Waals surface area (Å²) in [4.78, 5) is 27.5. The van der Waals surface area contributed by atoms with E-state index in [-0.39, 0.29) is 16.9 Å². The van der Waals surface area contributed by atoms with Gasteiger partial charge in [0.15, 0.2) is 0 Å². The van der Waals surface area contributed by atoms with Gasteiger partial charge in [-0.15, -0.1) is 0 Å². The molecule has 1 aliphatic rings. The molecule has 1 aliphatic heterocycles. The molecule has 1 atom stereocenters. The first kappa shape index (κ1) is 17.0. The fourth-order valence-electron chi connectivity index (χ4n) is 3.32. The number of rotatable bonds is 4. The lowest BCUT2D eigenvalue weighted by Crippen LogP contribution is -2.34. The van der Waals surface area contributed by atoms with E-state index in [0.29, 0.717) is 29.4 Å². The molecule has 1 saturated heterocycles. The third-order valence-electron chi connectivity index (χ3n) is 4.67. The Hall–Kier alpha value is -1.85. The highest BCUT2D eigenvalue weighted by Gasteiger charge is 2.21. The Morgan fingerprint density at radius 3 is 2.88 bits per heavy atom. The van der Waals surface area contributed by atoms with E-state index < -0.39 is 0 Å². The average Bonchev–Trinajstić information content (AvgIpc) is 2.99. The van der Waals surface area contributed by atoms with Gasteiger partial charge in [-0.3, -0.25) is 9.59 Å². The lowest BCUT2D eigenvalue weighted by atomic mass is 10.1. The van der Waals surface area contributed by atoms with Gasteiger partial charge in [0.25, 0.3) is 5.91 Å². The van der Waals surface area contributed by atoms with E-state index in [9.17, 15) is 9.59 Å². The number of carbonyl (C=O) groups excluding carboxylic acids is 1. The molecule has 0 saturated carbocycles. The van der Waals surface area contributed by atoms with Gasteiger partial charge < -0.3 is 14.8 Å². The molecule has 1 fully saturated rings. The number of likely N-dealkylation sites (tertiary alicyclic amines) is 1. The van der Waals surface area contributed by atoms with Crippen LogP contribution in [0, 0.1) is 5.92 Å². The van der Waals surface area contributed by atoms with Gasteiger partial charge in [0.05, 0.1) is 5.52 Å². The second-order valence-corrected chi connectivity index (χ2v) is 6.88. The number of fused-ring (bicyclic) bond motifs is 1. The standard InChI is InChI=1S/C18H22ClN3O2/c1-3-22-11-15(17(23)14-8-13(19)4-5-16(14)22)18(24)20-9-12-6-7-21(2)10-12/h4-5,8,11-12H,3,6-7,9-10H2,1-2H3,(H,20,24)/t12-/m1/s1. The molecule has 0 spiro atoms. The zero-order valence-electron chi connectivity index (χ0n) is 14.0. The molecule has 1 aromatic heterocycles. The number of amides is 1. The van der Waals surface area contributed by atoms with Crippen LogP contribution in [0.3, 0.4) is 0 Å². The van der Waals surface area contributed by atoms with Crippen molar-refractivity contribution in [3.63, 3.8) is 0 Å². The maximum absolute atomic E-state index is 12.7.